The Morgan fingerprint density at radius 3 is 2.45 bits per heavy atom. The van der Waals surface area contributed by atoms with Crippen molar-refractivity contribution in [2.45, 2.75) is 51.6 Å². The Morgan fingerprint density at radius 2 is 1.85 bits per heavy atom. The van der Waals surface area contributed by atoms with Gasteiger partial charge in [0.25, 0.3) is 0 Å². The van der Waals surface area contributed by atoms with Crippen molar-refractivity contribution in [3.05, 3.63) is 33.8 Å². The van der Waals surface area contributed by atoms with Gasteiger partial charge in [-0.05, 0) is 48.6 Å². The molecule has 0 bridgehead atoms. The van der Waals surface area contributed by atoms with E-state index in [4.69, 9.17) is 4.74 Å². The van der Waals surface area contributed by atoms with E-state index in [9.17, 15) is 0 Å². The lowest BCUT2D eigenvalue weighted by atomic mass is 9.86. The molecule has 3 heteroatoms. The molecular weight excluding hydrogens is 314 g/mol. The maximum Gasteiger partial charge on any atom is 0.0480 e. The van der Waals surface area contributed by atoms with Crippen LogP contribution in [0.25, 0.3) is 0 Å². The molecule has 1 aliphatic heterocycles. The van der Waals surface area contributed by atoms with Gasteiger partial charge in [-0.1, -0.05) is 42.8 Å². The number of rotatable bonds is 3. The summed E-state index contributed by atoms with van der Waals surface area (Å²) in [6, 6.07) is 7.48. The lowest BCUT2D eigenvalue weighted by Gasteiger charge is -2.31. The highest BCUT2D eigenvalue weighted by atomic mass is 79.9. The van der Waals surface area contributed by atoms with E-state index >= 15 is 0 Å². The Bertz CT molecular complexity index is 447. The molecular formula is C17H26BrNO. The summed E-state index contributed by atoms with van der Waals surface area (Å²) >= 11 is 3.65. The molecule has 0 unspecified atom stereocenters. The Balaban J connectivity index is 2.10. The topological polar surface area (TPSA) is 12.5 Å². The first kappa shape index (κ1) is 16.0. The number of hydrogen-bond donors (Lipinski definition) is 0. The Kier molecular flexibility index (Phi) is 5.27. The van der Waals surface area contributed by atoms with Crippen molar-refractivity contribution in [1.29, 1.82) is 0 Å². The van der Waals surface area contributed by atoms with Crippen LogP contribution < -0.4 is 0 Å². The van der Waals surface area contributed by atoms with Gasteiger partial charge in [-0.3, -0.25) is 4.90 Å². The fourth-order valence-corrected chi connectivity index (χ4v) is 3.26. The molecule has 0 spiro atoms. The lowest BCUT2D eigenvalue weighted by Crippen LogP contribution is -2.36. The molecule has 0 radical (unpaired) electrons. The summed E-state index contributed by atoms with van der Waals surface area (Å²) < 4.78 is 6.63. The average molecular weight is 340 g/mol. The lowest BCUT2D eigenvalue weighted by molar-refractivity contribution is 0.0407. The monoisotopic (exact) mass is 339 g/mol. The van der Waals surface area contributed by atoms with Crippen molar-refractivity contribution in [3.63, 3.8) is 0 Å². The van der Waals surface area contributed by atoms with Gasteiger partial charge in [-0.2, -0.15) is 0 Å². The second kappa shape index (κ2) is 6.59. The predicted octanol–water partition coefficient (Wildman–Crippen LogP) is 4.36. The largest absolute Gasteiger partial charge is 0.381 e. The molecule has 1 aromatic rings. The van der Waals surface area contributed by atoms with Gasteiger partial charge in [-0.15, -0.1) is 0 Å². The van der Waals surface area contributed by atoms with Crippen LogP contribution in [-0.2, 0) is 16.7 Å². The summed E-state index contributed by atoms with van der Waals surface area (Å²) in [5, 5.41) is 0. The fourth-order valence-electron chi connectivity index (χ4n) is 2.72. The molecule has 0 atom stereocenters. The van der Waals surface area contributed by atoms with E-state index in [1.54, 1.807) is 0 Å². The van der Waals surface area contributed by atoms with Gasteiger partial charge in [0, 0.05) is 30.3 Å². The van der Waals surface area contributed by atoms with E-state index in [2.05, 4.69) is 66.8 Å². The third kappa shape index (κ3) is 4.31. The minimum Gasteiger partial charge on any atom is -0.381 e. The van der Waals surface area contributed by atoms with Gasteiger partial charge in [0.05, 0.1) is 0 Å². The van der Waals surface area contributed by atoms with Crippen molar-refractivity contribution < 1.29 is 4.74 Å². The van der Waals surface area contributed by atoms with Gasteiger partial charge < -0.3 is 4.74 Å². The minimum atomic E-state index is 0.190. The molecule has 0 aliphatic carbocycles. The first-order chi connectivity index (χ1) is 9.36. The van der Waals surface area contributed by atoms with Crippen LogP contribution in [0.5, 0.6) is 0 Å². The van der Waals surface area contributed by atoms with Crippen LogP contribution in [0, 0.1) is 0 Å². The van der Waals surface area contributed by atoms with Crippen LogP contribution in [0.3, 0.4) is 0 Å². The van der Waals surface area contributed by atoms with Crippen molar-refractivity contribution in [2.75, 3.05) is 20.3 Å². The summed E-state index contributed by atoms with van der Waals surface area (Å²) in [5.41, 5.74) is 2.97. The van der Waals surface area contributed by atoms with Crippen LogP contribution in [0.1, 0.15) is 44.7 Å². The van der Waals surface area contributed by atoms with Crippen LogP contribution in [-0.4, -0.2) is 31.2 Å². The Morgan fingerprint density at radius 1 is 1.20 bits per heavy atom. The first-order valence-corrected chi connectivity index (χ1v) is 8.23. The highest BCUT2D eigenvalue weighted by molar-refractivity contribution is 9.10. The fraction of sp³-hybridized carbons (Fsp3) is 0.647. The molecule has 0 saturated carbocycles. The van der Waals surface area contributed by atoms with Crippen molar-refractivity contribution in [3.8, 4) is 0 Å². The summed E-state index contributed by atoms with van der Waals surface area (Å²) in [7, 11) is 2.23. The van der Waals surface area contributed by atoms with Gasteiger partial charge in [0.1, 0.15) is 0 Å². The summed E-state index contributed by atoms with van der Waals surface area (Å²) in [6.07, 6.45) is 2.30. The Labute approximate surface area is 131 Å². The van der Waals surface area contributed by atoms with E-state index < -0.39 is 0 Å². The summed E-state index contributed by atoms with van der Waals surface area (Å²) in [5.74, 6) is 0. The first-order valence-electron chi connectivity index (χ1n) is 7.44. The van der Waals surface area contributed by atoms with Gasteiger partial charge >= 0.3 is 0 Å². The van der Waals surface area contributed by atoms with Gasteiger partial charge in [-0.25, -0.2) is 0 Å². The molecule has 20 heavy (non-hydrogen) atoms. The highest BCUT2D eigenvalue weighted by Crippen LogP contribution is 2.27. The Hall–Kier alpha value is -0.380. The number of hydrogen-bond acceptors (Lipinski definition) is 2. The molecule has 1 heterocycles. The summed E-state index contributed by atoms with van der Waals surface area (Å²) in [4.78, 5) is 2.47. The SMILES string of the molecule is CN(Cc1cc(Br)cc(C(C)(C)C)c1)C1CCOCC1. The molecule has 2 nitrogen and oxygen atoms in total. The number of benzene rings is 1. The smallest absolute Gasteiger partial charge is 0.0480 e. The standard InChI is InChI=1S/C17H26BrNO/c1-17(2,3)14-9-13(10-15(18)11-14)12-19(4)16-5-7-20-8-6-16/h9-11,16H,5-8,12H2,1-4H3. The van der Waals surface area contributed by atoms with E-state index in [-0.39, 0.29) is 5.41 Å². The van der Waals surface area contributed by atoms with Crippen LogP contribution in [0.15, 0.2) is 22.7 Å². The number of nitrogens with zero attached hydrogens (tertiary/aromatic N) is 1. The second-order valence-electron chi connectivity index (χ2n) is 6.86. The van der Waals surface area contributed by atoms with Crippen molar-refractivity contribution in [2.24, 2.45) is 0 Å². The molecule has 2 rings (SSSR count). The van der Waals surface area contributed by atoms with E-state index in [1.807, 2.05) is 0 Å². The zero-order valence-electron chi connectivity index (χ0n) is 13.1. The normalized spacial score (nSPS) is 17.7. The minimum absolute atomic E-state index is 0.190. The molecule has 0 aromatic heterocycles. The van der Waals surface area contributed by atoms with E-state index in [1.165, 1.54) is 15.6 Å². The second-order valence-corrected chi connectivity index (χ2v) is 7.77. The zero-order valence-corrected chi connectivity index (χ0v) is 14.7. The molecule has 1 fully saturated rings. The average Bonchev–Trinajstić information content (AvgIpc) is 2.38. The molecule has 112 valence electrons. The molecule has 1 aromatic carbocycles. The zero-order chi connectivity index (χ0) is 14.8. The quantitative estimate of drug-likeness (QED) is 0.811. The molecule has 1 aliphatic rings. The summed E-state index contributed by atoms with van der Waals surface area (Å²) in [6.45, 7) is 9.61. The third-order valence-corrected chi connectivity index (χ3v) is 4.53. The predicted molar refractivity (Wildman–Crippen MR) is 88.2 cm³/mol. The van der Waals surface area contributed by atoms with Crippen LogP contribution >= 0.6 is 15.9 Å². The third-order valence-electron chi connectivity index (χ3n) is 4.07. The molecule has 1 saturated heterocycles. The van der Waals surface area contributed by atoms with Gasteiger partial charge in [0.2, 0.25) is 0 Å². The molecule has 0 N–H and O–H groups in total. The molecule has 0 amide bonds. The van der Waals surface area contributed by atoms with Crippen molar-refractivity contribution in [1.82, 2.24) is 4.90 Å². The van der Waals surface area contributed by atoms with E-state index in [0.29, 0.717) is 6.04 Å². The maximum absolute atomic E-state index is 5.45. The number of ether oxygens (including phenoxy) is 1. The van der Waals surface area contributed by atoms with Gasteiger partial charge in [0.15, 0.2) is 0 Å². The highest BCUT2D eigenvalue weighted by Gasteiger charge is 2.20. The van der Waals surface area contributed by atoms with Crippen LogP contribution in [0.4, 0.5) is 0 Å². The van der Waals surface area contributed by atoms with Crippen molar-refractivity contribution >= 4 is 15.9 Å². The van der Waals surface area contributed by atoms with E-state index in [0.717, 1.165) is 32.6 Å². The van der Waals surface area contributed by atoms with Crippen LogP contribution in [0.2, 0.25) is 0 Å². The maximum atomic E-state index is 5.45. The number of halogens is 1.